The van der Waals surface area contributed by atoms with Crippen molar-refractivity contribution in [3.05, 3.63) is 11.1 Å². The van der Waals surface area contributed by atoms with Gasteiger partial charge in [-0.1, -0.05) is 13.8 Å². The Labute approximate surface area is 109 Å². The maximum atomic E-state index is 4.65. The Morgan fingerprint density at radius 1 is 1.41 bits per heavy atom. The van der Waals surface area contributed by atoms with E-state index < -0.39 is 0 Å². The Bertz CT molecular complexity index is 339. The minimum absolute atomic E-state index is 0.146. The van der Waals surface area contributed by atoms with Crippen molar-refractivity contribution in [2.45, 2.75) is 46.7 Å². The molecule has 0 amide bonds. The first-order valence-corrected chi connectivity index (χ1v) is 7.06. The molecule has 0 fully saturated rings. The number of anilines is 1. The molecule has 1 aromatic rings. The third-order valence-electron chi connectivity index (χ3n) is 2.31. The Hall–Kier alpha value is -0.610. The molecule has 0 saturated heterocycles. The van der Waals surface area contributed by atoms with Gasteiger partial charge in [0.2, 0.25) is 0 Å². The monoisotopic (exact) mass is 255 g/mol. The van der Waals surface area contributed by atoms with Gasteiger partial charge in [-0.2, -0.15) is 0 Å². The second-order valence-electron chi connectivity index (χ2n) is 6.00. The summed E-state index contributed by atoms with van der Waals surface area (Å²) in [5.74, 6) is 0.667. The molecule has 0 saturated carbocycles. The SMILES string of the molecule is CC(C)CN(C)c1nc(CNC(C)(C)C)cs1. The predicted molar refractivity (Wildman–Crippen MR) is 76.8 cm³/mol. The second-order valence-corrected chi connectivity index (χ2v) is 6.84. The molecule has 17 heavy (non-hydrogen) atoms. The lowest BCUT2D eigenvalue weighted by Crippen LogP contribution is -2.35. The lowest BCUT2D eigenvalue weighted by atomic mass is 10.1. The molecule has 0 aliphatic heterocycles. The first kappa shape index (κ1) is 14.5. The van der Waals surface area contributed by atoms with E-state index >= 15 is 0 Å². The fraction of sp³-hybridized carbons (Fsp3) is 0.769. The highest BCUT2D eigenvalue weighted by molar-refractivity contribution is 7.13. The van der Waals surface area contributed by atoms with E-state index in [2.05, 4.69) is 62.2 Å². The predicted octanol–water partition coefficient (Wildman–Crippen LogP) is 3.12. The average Bonchev–Trinajstić information content (AvgIpc) is 2.60. The minimum atomic E-state index is 0.146. The number of thiazole rings is 1. The van der Waals surface area contributed by atoms with Crippen molar-refractivity contribution in [1.82, 2.24) is 10.3 Å². The molecule has 1 aromatic heterocycles. The zero-order chi connectivity index (χ0) is 13.1. The maximum absolute atomic E-state index is 4.65. The van der Waals surface area contributed by atoms with Crippen molar-refractivity contribution in [3.63, 3.8) is 0 Å². The van der Waals surface area contributed by atoms with Gasteiger partial charge in [-0.3, -0.25) is 0 Å². The summed E-state index contributed by atoms with van der Waals surface area (Å²) in [6.45, 7) is 12.9. The normalized spacial score (nSPS) is 12.2. The highest BCUT2D eigenvalue weighted by Gasteiger charge is 2.12. The number of nitrogens with one attached hydrogen (secondary N) is 1. The van der Waals surface area contributed by atoms with Crippen molar-refractivity contribution < 1.29 is 0 Å². The van der Waals surface area contributed by atoms with E-state index in [1.54, 1.807) is 11.3 Å². The number of nitrogens with zero attached hydrogens (tertiary/aromatic N) is 2. The summed E-state index contributed by atoms with van der Waals surface area (Å²) >= 11 is 1.73. The third-order valence-corrected chi connectivity index (χ3v) is 3.31. The summed E-state index contributed by atoms with van der Waals surface area (Å²) in [5, 5.41) is 6.72. The number of hydrogen-bond donors (Lipinski definition) is 1. The molecule has 98 valence electrons. The summed E-state index contributed by atoms with van der Waals surface area (Å²) in [6.07, 6.45) is 0. The summed E-state index contributed by atoms with van der Waals surface area (Å²) in [4.78, 5) is 6.88. The van der Waals surface area contributed by atoms with Gasteiger partial charge < -0.3 is 10.2 Å². The number of hydrogen-bond acceptors (Lipinski definition) is 4. The lowest BCUT2D eigenvalue weighted by Gasteiger charge is -2.20. The first-order chi connectivity index (χ1) is 7.78. The van der Waals surface area contributed by atoms with Crippen LogP contribution in [0.15, 0.2) is 5.38 Å². The highest BCUT2D eigenvalue weighted by Crippen LogP contribution is 2.20. The van der Waals surface area contributed by atoms with Gasteiger partial charge in [0.05, 0.1) is 5.69 Å². The van der Waals surface area contributed by atoms with Gasteiger partial charge in [-0.25, -0.2) is 4.98 Å². The lowest BCUT2D eigenvalue weighted by molar-refractivity contribution is 0.422. The number of rotatable bonds is 5. The van der Waals surface area contributed by atoms with Crippen LogP contribution in [0.25, 0.3) is 0 Å². The molecule has 1 heterocycles. The van der Waals surface area contributed by atoms with Crippen molar-refractivity contribution in [3.8, 4) is 0 Å². The Kier molecular flexibility index (Phi) is 4.95. The third kappa shape index (κ3) is 5.50. The van der Waals surface area contributed by atoms with Crippen LogP contribution in [0.4, 0.5) is 5.13 Å². The van der Waals surface area contributed by atoms with E-state index in [1.165, 1.54) is 0 Å². The molecule has 0 unspecified atom stereocenters. The highest BCUT2D eigenvalue weighted by atomic mass is 32.1. The molecule has 0 bridgehead atoms. The van der Waals surface area contributed by atoms with Gasteiger partial charge >= 0.3 is 0 Å². The van der Waals surface area contributed by atoms with Crippen molar-refractivity contribution in [2.24, 2.45) is 5.92 Å². The standard InChI is InChI=1S/C13H25N3S/c1-10(2)8-16(6)12-15-11(9-17-12)7-14-13(3,4)5/h9-10,14H,7-8H2,1-6H3. The quantitative estimate of drug-likeness (QED) is 0.876. The van der Waals surface area contributed by atoms with E-state index in [0.29, 0.717) is 5.92 Å². The fourth-order valence-corrected chi connectivity index (χ4v) is 2.34. The largest absolute Gasteiger partial charge is 0.351 e. The van der Waals surface area contributed by atoms with Crippen LogP contribution in [0.2, 0.25) is 0 Å². The van der Waals surface area contributed by atoms with Crippen molar-refractivity contribution in [2.75, 3.05) is 18.5 Å². The molecule has 0 spiro atoms. The summed E-state index contributed by atoms with van der Waals surface area (Å²) in [7, 11) is 2.11. The van der Waals surface area contributed by atoms with Crippen LogP contribution in [0.3, 0.4) is 0 Å². The van der Waals surface area contributed by atoms with Crippen molar-refractivity contribution in [1.29, 1.82) is 0 Å². The number of aromatic nitrogens is 1. The van der Waals surface area contributed by atoms with Gasteiger partial charge in [0, 0.05) is 31.1 Å². The Morgan fingerprint density at radius 2 is 2.06 bits per heavy atom. The molecule has 4 heteroatoms. The molecular weight excluding hydrogens is 230 g/mol. The van der Waals surface area contributed by atoms with Gasteiger partial charge in [0.1, 0.15) is 0 Å². The second kappa shape index (κ2) is 5.83. The Morgan fingerprint density at radius 3 is 2.59 bits per heavy atom. The van der Waals surface area contributed by atoms with Gasteiger partial charge in [-0.15, -0.1) is 11.3 Å². The van der Waals surface area contributed by atoms with E-state index in [4.69, 9.17) is 0 Å². The summed E-state index contributed by atoms with van der Waals surface area (Å²) in [6, 6.07) is 0. The van der Waals surface area contributed by atoms with Crippen LogP contribution in [0.1, 0.15) is 40.3 Å². The summed E-state index contributed by atoms with van der Waals surface area (Å²) < 4.78 is 0. The van der Waals surface area contributed by atoms with Gasteiger partial charge in [0.15, 0.2) is 5.13 Å². The van der Waals surface area contributed by atoms with E-state index in [1.807, 2.05) is 0 Å². The van der Waals surface area contributed by atoms with Crippen LogP contribution in [-0.2, 0) is 6.54 Å². The molecule has 0 aliphatic rings. The van der Waals surface area contributed by atoms with Gasteiger partial charge in [0.25, 0.3) is 0 Å². The zero-order valence-electron chi connectivity index (χ0n) is 11.9. The molecule has 0 aromatic carbocycles. The van der Waals surface area contributed by atoms with Gasteiger partial charge in [-0.05, 0) is 26.7 Å². The Balaban J connectivity index is 2.53. The zero-order valence-corrected chi connectivity index (χ0v) is 12.7. The molecule has 3 nitrogen and oxygen atoms in total. The van der Waals surface area contributed by atoms with E-state index in [9.17, 15) is 0 Å². The molecular formula is C13H25N3S. The first-order valence-electron chi connectivity index (χ1n) is 6.18. The van der Waals surface area contributed by atoms with E-state index in [-0.39, 0.29) is 5.54 Å². The van der Waals surface area contributed by atoms with Crippen LogP contribution >= 0.6 is 11.3 Å². The van der Waals surface area contributed by atoms with Crippen LogP contribution in [-0.4, -0.2) is 24.1 Å². The molecule has 1 rings (SSSR count). The molecule has 0 atom stereocenters. The average molecular weight is 255 g/mol. The minimum Gasteiger partial charge on any atom is -0.351 e. The van der Waals surface area contributed by atoms with E-state index in [0.717, 1.165) is 23.9 Å². The molecule has 1 N–H and O–H groups in total. The fourth-order valence-electron chi connectivity index (χ4n) is 1.53. The van der Waals surface area contributed by atoms with Crippen LogP contribution < -0.4 is 10.2 Å². The smallest absolute Gasteiger partial charge is 0.185 e. The van der Waals surface area contributed by atoms with Crippen LogP contribution in [0, 0.1) is 5.92 Å². The van der Waals surface area contributed by atoms with Crippen LogP contribution in [0.5, 0.6) is 0 Å². The maximum Gasteiger partial charge on any atom is 0.185 e. The van der Waals surface area contributed by atoms with Crippen molar-refractivity contribution >= 4 is 16.5 Å². The molecule has 0 aliphatic carbocycles. The topological polar surface area (TPSA) is 28.2 Å². The summed E-state index contributed by atoms with van der Waals surface area (Å²) in [5.41, 5.74) is 1.28. The molecule has 0 radical (unpaired) electrons.